The van der Waals surface area contributed by atoms with Crippen molar-refractivity contribution in [3.8, 4) is 0 Å². The molecule has 38 heavy (non-hydrogen) atoms. The lowest BCUT2D eigenvalue weighted by atomic mass is 10.1. The number of aliphatic hydroxyl groups is 1. The Morgan fingerprint density at radius 2 is 2.11 bits per heavy atom. The monoisotopic (exact) mass is 561 g/mol. The van der Waals surface area contributed by atoms with Crippen molar-refractivity contribution >= 4 is 36.7 Å². The number of nitrogens with one attached hydrogen (secondary N) is 1. The average Bonchev–Trinajstić information content (AvgIpc) is 3.55. The van der Waals surface area contributed by atoms with E-state index in [2.05, 4.69) is 25.3 Å². The van der Waals surface area contributed by atoms with Crippen molar-refractivity contribution in [1.82, 2.24) is 34.5 Å². The lowest BCUT2D eigenvalue weighted by molar-refractivity contribution is -0.245. The van der Waals surface area contributed by atoms with Crippen molar-refractivity contribution in [2.24, 2.45) is 0 Å². The molecule has 1 aromatic carbocycles. The van der Waals surface area contributed by atoms with E-state index in [0.29, 0.717) is 23.9 Å². The third-order valence-electron chi connectivity index (χ3n) is 6.11. The van der Waals surface area contributed by atoms with Crippen molar-refractivity contribution in [3.05, 3.63) is 58.1 Å². The van der Waals surface area contributed by atoms with Crippen LogP contribution in [-0.2, 0) is 31.3 Å². The van der Waals surface area contributed by atoms with Crippen molar-refractivity contribution < 1.29 is 28.3 Å². The number of nitrogens with zero attached hydrogens (tertiary/aromatic N) is 6. The van der Waals surface area contributed by atoms with Gasteiger partial charge in [0, 0.05) is 18.4 Å². The number of nitrogen functional groups attached to an aromatic ring is 1. The third kappa shape index (κ3) is 4.87. The van der Waals surface area contributed by atoms with Gasteiger partial charge in [0.25, 0.3) is 13.4 Å². The molecule has 0 bridgehead atoms. The summed E-state index contributed by atoms with van der Waals surface area (Å²) in [6.07, 6.45) is -2.23. The van der Waals surface area contributed by atoms with E-state index in [1.54, 1.807) is 4.68 Å². The second-order valence-corrected chi connectivity index (χ2v) is 11.2. The Kier molecular flexibility index (Phi) is 6.55. The molecule has 0 amide bonds. The van der Waals surface area contributed by atoms with Crippen LogP contribution < -0.4 is 16.2 Å². The van der Waals surface area contributed by atoms with Gasteiger partial charge in [-0.05, 0) is 5.56 Å². The van der Waals surface area contributed by atoms with Crippen LogP contribution in [-0.4, -0.2) is 70.3 Å². The molecule has 2 saturated heterocycles. The first-order valence-corrected chi connectivity index (χ1v) is 14.0. The van der Waals surface area contributed by atoms with Crippen LogP contribution in [0.4, 0.5) is 5.95 Å². The van der Waals surface area contributed by atoms with E-state index < -0.39 is 37.9 Å². The number of ether oxygens (including phenoxy) is 1. The van der Waals surface area contributed by atoms with Gasteiger partial charge in [-0.3, -0.25) is 18.9 Å². The molecule has 200 valence electrons. The van der Waals surface area contributed by atoms with Crippen LogP contribution in [0.15, 0.2) is 46.5 Å². The second-order valence-electron chi connectivity index (χ2n) is 8.75. The first-order valence-electron chi connectivity index (χ1n) is 11.6. The molecule has 5 atom stereocenters. The maximum Gasteiger partial charge on any atom is 0.280 e. The molecule has 0 aliphatic carbocycles. The molecule has 17 heteroatoms. The highest BCUT2D eigenvalue weighted by molar-refractivity contribution is 7.99. The van der Waals surface area contributed by atoms with Crippen LogP contribution >= 0.6 is 19.6 Å². The molecule has 4 N–H and O–H groups in total. The number of phosphoric ester groups is 1. The van der Waals surface area contributed by atoms with Gasteiger partial charge in [-0.25, -0.2) is 9.67 Å². The summed E-state index contributed by atoms with van der Waals surface area (Å²) < 4.78 is 30.5. The number of aliphatic hydroxyl groups excluding tert-OH is 1. The van der Waals surface area contributed by atoms with Gasteiger partial charge in [0.2, 0.25) is 5.95 Å². The smallest absolute Gasteiger partial charge is 0.280 e. The van der Waals surface area contributed by atoms with Crippen LogP contribution in [0, 0.1) is 0 Å². The van der Waals surface area contributed by atoms with E-state index >= 15 is 0 Å². The van der Waals surface area contributed by atoms with E-state index in [0.717, 1.165) is 11.3 Å². The lowest BCUT2D eigenvalue weighted by Crippen LogP contribution is -2.41. The topological polar surface area (TPSA) is 208 Å². The number of nitrogens with two attached hydrogens (primary N) is 1. The molecule has 0 spiro atoms. The van der Waals surface area contributed by atoms with Crippen LogP contribution in [0.3, 0.4) is 0 Å². The van der Waals surface area contributed by atoms with E-state index in [1.807, 2.05) is 36.5 Å². The number of H-pyrrole nitrogens is 1. The minimum Gasteiger partial charge on any atom is -0.756 e. The summed E-state index contributed by atoms with van der Waals surface area (Å²) in [4.78, 5) is 35.3. The molecular formula is C21H22N8O7PS-. The summed E-state index contributed by atoms with van der Waals surface area (Å²) in [7, 11) is -4.57. The van der Waals surface area contributed by atoms with Crippen molar-refractivity contribution in [2.75, 3.05) is 18.1 Å². The predicted octanol–water partition coefficient (Wildman–Crippen LogP) is -0.182. The number of benzene rings is 1. The lowest BCUT2D eigenvalue weighted by Gasteiger charge is -2.34. The number of anilines is 1. The Labute approximate surface area is 218 Å². The van der Waals surface area contributed by atoms with E-state index in [-0.39, 0.29) is 23.7 Å². The minimum absolute atomic E-state index is 0.00663. The predicted molar refractivity (Wildman–Crippen MR) is 131 cm³/mol. The number of thioether (sulfide) groups is 1. The highest BCUT2D eigenvalue weighted by Crippen LogP contribution is 2.50. The van der Waals surface area contributed by atoms with E-state index in [4.69, 9.17) is 19.5 Å². The van der Waals surface area contributed by atoms with Crippen molar-refractivity contribution in [2.45, 2.75) is 42.7 Å². The number of aromatic nitrogens is 7. The van der Waals surface area contributed by atoms with Crippen LogP contribution in [0.5, 0.6) is 0 Å². The molecule has 2 fully saturated rings. The fourth-order valence-corrected chi connectivity index (χ4v) is 6.33. The summed E-state index contributed by atoms with van der Waals surface area (Å²) in [5.41, 5.74) is 7.13. The van der Waals surface area contributed by atoms with Gasteiger partial charge in [0.15, 0.2) is 22.5 Å². The summed E-state index contributed by atoms with van der Waals surface area (Å²) >= 11 is 1.28. The highest BCUT2D eigenvalue weighted by atomic mass is 32.2. The van der Waals surface area contributed by atoms with Gasteiger partial charge in [-0.1, -0.05) is 47.3 Å². The number of aryl methyl sites for hydroxylation is 1. The molecule has 3 aromatic heterocycles. The van der Waals surface area contributed by atoms with Crippen LogP contribution in [0.25, 0.3) is 11.2 Å². The maximum absolute atomic E-state index is 12.5. The third-order valence-corrected chi connectivity index (χ3v) is 8.03. The second kappa shape index (κ2) is 9.89. The Hall–Kier alpha value is -3.11. The maximum atomic E-state index is 12.5. The molecule has 3 unspecified atom stereocenters. The summed E-state index contributed by atoms with van der Waals surface area (Å²) in [5, 5.41) is 19.7. The fourth-order valence-electron chi connectivity index (χ4n) is 4.40. The summed E-state index contributed by atoms with van der Waals surface area (Å²) in [6, 6.07) is 9.88. The SMILES string of the molecule is Nc1nc2c(nc(SCCc3cn(Cc4ccccc4)nn3)n2[C@@H]2OC3COP(=O)([O-])O[C@H]3C2O)c(=O)[nH]1. The molecule has 2 aliphatic rings. The minimum atomic E-state index is -4.57. The van der Waals surface area contributed by atoms with Crippen molar-refractivity contribution in [1.29, 1.82) is 0 Å². The zero-order valence-electron chi connectivity index (χ0n) is 19.6. The van der Waals surface area contributed by atoms with Crippen LogP contribution in [0.1, 0.15) is 17.5 Å². The molecule has 15 nitrogen and oxygen atoms in total. The summed E-state index contributed by atoms with van der Waals surface area (Å²) in [5.74, 6) is 0.343. The Bertz CT molecular complexity index is 1580. The highest BCUT2D eigenvalue weighted by Gasteiger charge is 2.51. The number of hydrogen-bond acceptors (Lipinski definition) is 13. The average molecular weight is 561 g/mol. The Morgan fingerprint density at radius 3 is 2.92 bits per heavy atom. The van der Waals surface area contributed by atoms with E-state index in [1.165, 1.54) is 16.3 Å². The van der Waals surface area contributed by atoms with Gasteiger partial charge in [0.05, 0.1) is 18.8 Å². The number of hydrogen-bond donors (Lipinski definition) is 3. The quantitative estimate of drug-likeness (QED) is 0.198. The molecule has 2 aliphatic heterocycles. The van der Waals surface area contributed by atoms with Crippen LogP contribution in [0.2, 0.25) is 0 Å². The van der Waals surface area contributed by atoms with Crippen molar-refractivity contribution in [3.63, 3.8) is 0 Å². The van der Waals surface area contributed by atoms with E-state index in [9.17, 15) is 19.4 Å². The van der Waals surface area contributed by atoms with Gasteiger partial charge in [0.1, 0.15) is 18.3 Å². The zero-order valence-corrected chi connectivity index (χ0v) is 21.3. The standard InChI is InChI=1S/C21H23N8O7PS/c22-20-24-17-14(18(31)25-20)23-21(29(17)19-15(30)16-13(35-19)10-34-37(32,33)36-16)38-7-6-12-9-28(27-26-12)8-11-4-2-1-3-5-11/h1-5,9,13,15-16,19,30H,6-8,10H2,(H,32,33)(H3,22,24,25,31)/p-1/t13?,15?,16-,19-/m1/s1. The molecule has 6 rings (SSSR count). The number of imidazole rings is 1. The van der Waals surface area contributed by atoms with Gasteiger partial charge in [-0.2, -0.15) is 4.98 Å². The Morgan fingerprint density at radius 1 is 1.29 bits per heavy atom. The number of rotatable bonds is 7. The molecule has 5 heterocycles. The molecular weight excluding hydrogens is 539 g/mol. The van der Waals surface area contributed by atoms with Gasteiger partial charge in [-0.15, -0.1) is 5.10 Å². The number of phosphoric acid groups is 1. The normalized spacial score (nSPS) is 27.1. The zero-order chi connectivity index (χ0) is 26.4. The fraction of sp³-hybridized carbons (Fsp3) is 0.381. The largest absolute Gasteiger partial charge is 0.756 e. The Balaban J connectivity index is 1.24. The summed E-state index contributed by atoms with van der Waals surface area (Å²) in [6.45, 7) is 0.275. The first kappa shape index (κ1) is 25.2. The van der Waals surface area contributed by atoms with Gasteiger partial charge < -0.3 is 29.5 Å². The molecule has 0 radical (unpaired) electrons. The number of fused-ring (bicyclic) bond motifs is 2. The van der Waals surface area contributed by atoms with Gasteiger partial charge >= 0.3 is 0 Å². The molecule has 4 aromatic rings. The number of aromatic amines is 1. The first-order chi connectivity index (χ1) is 18.3. The molecule has 0 saturated carbocycles.